The van der Waals surface area contributed by atoms with E-state index in [0.717, 1.165) is 31.8 Å². The highest BCUT2D eigenvalue weighted by Gasteiger charge is 2.25. The molecule has 3 unspecified atom stereocenters. The van der Waals surface area contributed by atoms with Crippen LogP contribution in [0.1, 0.15) is 57.6 Å². The van der Waals surface area contributed by atoms with Gasteiger partial charge >= 0.3 is 0 Å². The lowest BCUT2D eigenvalue weighted by Gasteiger charge is -2.22. The molecule has 5 nitrogen and oxygen atoms in total. The van der Waals surface area contributed by atoms with Crippen LogP contribution >= 0.6 is 24.0 Å². The highest BCUT2D eigenvalue weighted by Crippen LogP contribution is 2.26. The molecule has 1 aliphatic carbocycles. The summed E-state index contributed by atoms with van der Waals surface area (Å²) in [6.07, 6.45) is 5.52. The molecule has 3 atom stereocenters. The monoisotopic (exact) mass is 486 g/mol. The molecule has 1 aliphatic heterocycles. The van der Waals surface area contributed by atoms with Crippen molar-refractivity contribution in [3.8, 4) is 0 Å². The minimum Gasteiger partial charge on any atom is -0.393 e. The fraction of sp³-hybridized carbons (Fsp3) is 0.667. The van der Waals surface area contributed by atoms with Gasteiger partial charge in [0.15, 0.2) is 5.96 Å². The summed E-state index contributed by atoms with van der Waals surface area (Å²) in [6.45, 7) is 8.12. The van der Waals surface area contributed by atoms with Gasteiger partial charge in [-0.05, 0) is 57.2 Å². The predicted octanol–water partition coefficient (Wildman–Crippen LogP) is 3.68. The van der Waals surface area contributed by atoms with Crippen LogP contribution in [0.5, 0.6) is 0 Å². The van der Waals surface area contributed by atoms with Gasteiger partial charge in [0.25, 0.3) is 0 Å². The third kappa shape index (κ3) is 6.24. The van der Waals surface area contributed by atoms with Crippen LogP contribution in [0, 0.1) is 5.92 Å². The van der Waals surface area contributed by atoms with Gasteiger partial charge in [-0.15, -0.1) is 24.0 Å². The molecule has 152 valence electrons. The van der Waals surface area contributed by atoms with E-state index in [9.17, 15) is 5.11 Å². The molecule has 27 heavy (non-hydrogen) atoms. The van der Waals surface area contributed by atoms with Gasteiger partial charge in [0.05, 0.1) is 12.1 Å². The maximum absolute atomic E-state index is 10.0. The predicted molar refractivity (Wildman–Crippen MR) is 124 cm³/mol. The molecule has 2 fully saturated rings. The minimum atomic E-state index is -0.184. The van der Waals surface area contributed by atoms with Crippen molar-refractivity contribution in [2.75, 3.05) is 31.1 Å². The first-order valence-corrected chi connectivity index (χ1v) is 10.2. The van der Waals surface area contributed by atoms with Crippen LogP contribution in [-0.2, 0) is 0 Å². The Morgan fingerprint density at radius 2 is 2.04 bits per heavy atom. The standard InChI is InChI=1S/C21H34N4O.HI/c1-3-22-21(23-15-18-9-7-11-20(18)26)24-16(2)17-8-6-10-19(14-17)25-12-4-5-13-25;/h6,8,10,14,16,18,20,26H,3-5,7,9,11-13,15H2,1-2H3,(H2,22,23,24);1H. The van der Waals surface area contributed by atoms with Crippen molar-refractivity contribution in [2.45, 2.75) is 58.1 Å². The largest absolute Gasteiger partial charge is 0.393 e. The highest BCUT2D eigenvalue weighted by atomic mass is 127. The van der Waals surface area contributed by atoms with E-state index in [2.05, 4.69) is 53.6 Å². The first kappa shape index (κ1) is 22.3. The maximum Gasteiger partial charge on any atom is 0.191 e. The fourth-order valence-corrected chi connectivity index (χ4v) is 4.01. The summed E-state index contributed by atoms with van der Waals surface area (Å²) in [5, 5.41) is 16.9. The lowest BCUT2D eigenvalue weighted by Crippen LogP contribution is -2.39. The normalized spacial score (nSPS) is 23.8. The van der Waals surface area contributed by atoms with Crippen LogP contribution in [0.15, 0.2) is 29.3 Å². The molecule has 0 amide bonds. The van der Waals surface area contributed by atoms with Crippen molar-refractivity contribution in [1.29, 1.82) is 0 Å². The quantitative estimate of drug-likeness (QED) is 0.326. The Bertz CT molecular complexity index is 604. The van der Waals surface area contributed by atoms with Gasteiger partial charge in [0.1, 0.15) is 0 Å². The molecule has 1 heterocycles. The first-order chi connectivity index (χ1) is 12.7. The van der Waals surface area contributed by atoms with Crippen molar-refractivity contribution < 1.29 is 5.11 Å². The summed E-state index contributed by atoms with van der Waals surface area (Å²) in [5.74, 6) is 1.14. The molecule has 6 heteroatoms. The van der Waals surface area contributed by atoms with Crippen LogP contribution in [0.3, 0.4) is 0 Å². The second-order valence-electron chi connectivity index (χ2n) is 7.63. The Kier molecular flexibility index (Phi) is 9.15. The summed E-state index contributed by atoms with van der Waals surface area (Å²) in [5.41, 5.74) is 2.60. The number of aliphatic hydroxyl groups is 1. The maximum atomic E-state index is 10.0. The average molecular weight is 486 g/mol. The molecule has 0 bridgehead atoms. The van der Waals surface area contributed by atoms with E-state index in [1.807, 2.05) is 0 Å². The molecular weight excluding hydrogens is 451 g/mol. The topological polar surface area (TPSA) is 59.9 Å². The number of hydrogen-bond donors (Lipinski definition) is 3. The number of guanidine groups is 1. The summed E-state index contributed by atoms with van der Waals surface area (Å²) in [4.78, 5) is 7.20. The minimum absolute atomic E-state index is 0. The van der Waals surface area contributed by atoms with E-state index >= 15 is 0 Å². The zero-order valence-corrected chi connectivity index (χ0v) is 19.0. The Hall–Kier alpha value is -1.02. The van der Waals surface area contributed by atoms with E-state index in [0.29, 0.717) is 12.5 Å². The molecule has 3 N–H and O–H groups in total. The Balaban J connectivity index is 0.00000261. The van der Waals surface area contributed by atoms with Crippen molar-refractivity contribution >= 4 is 35.6 Å². The first-order valence-electron chi connectivity index (χ1n) is 10.2. The van der Waals surface area contributed by atoms with Crippen molar-refractivity contribution in [2.24, 2.45) is 10.9 Å². The number of halogens is 1. The molecule has 1 saturated heterocycles. The van der Waals surface area contributed by atoms with Crippen LogP contribution in [-0.4, -0.2) is 43.3 Å². The molecule has 2 aliphatic rings. The zero-order chi connectivity index (χ0) is 18.4. The van der Waals surface area contributed by atoms with Crippen molar-refractivity contribution in [3.63, 3.8) is 0 Å². The summed E-state index contributed by atoms with van der Waals surface area (Å²) in [6, 6.07) is 9.03. The second kappa shape index (κ2) is 11.1. The Morgan fingerprint density at radius 3 is 2.70 bits per heavy atom. The lowest BCUT2D eigenvalue weighted by atomic mass is 10.1. The zero-order valence-electron chi connectivity index (χ0n) is 16.7. The van der Waals surface area contributed by atoms with Gasteiger partial charge in [-0.25, -0.2) is 0 Å². The molecule has 0 aromatic heterocycles. The number of anilines is 1. The highest BCUT2D eigenvalue weighted by molar-refractivity contribution is 14.0. The molecule has 0 radical (unpaired) electrons. The van der Waals surface area contributed by atoms with E-state index in [4.69, 9.17) is 4.99 Å². The number of nitrogens with one attached hydrogen (secondary N) is 2. The van der Waals surface area contributed by atoms with Crippen LogP contribution in [0.25, 0.3) is 0 Å². The molecular formula is C21H35IN4O. The Morgan fingerprint density at radius 1 is 1.26 bits per heavy atom. The second-order valence-corrected chi connectivity index (χ2v) is 7.63. The van der Waals surface area contributed by atoms with Crippen LogP contribution in [0.2, 0.25) is 0 Å². The molecule has 1 saturated carbocycles. The lowest BCUT2D eigenvalue weighted by molar-refractivity contribution is 0.136. The van der Waals surface area contributed by atoms with E-state index in [-0.39, 0.29) is 36.1 Å². The molecule has 1 aromatic carbocycles. The van der Waals surface area contributed by atoms with Gasteiger partial charge < -0.3 is 20.6 Å². The number of rotatable bonds is 6. The van der Waals surface area contributed by atoms with Crippen LogP contribution in [0.4, 0.5) is 5.69 Å². The number of nitrogens with zero attached hydrogens (tertiary/aromatic N) is 2. The van der Waals surface area contributed by atoms with Gasteiger partial charge in [-0.1, -0.05) is 18.6 Å². The number of hydrogen-bond acceptors (Lipinski definition) is 3. The SMILES string of the molecule is CCNC(=NCC1CCCC1O)NC(C)c1cccc(N2CCCC2)c1.I. The summed E-state index contributed by atoms with van der Waals surface area (Å²) >= 11 is 0. The van der Waals surface area contributed by atoms with Gasteiger partial charge in [0.2, 0.25) is 0 Å². The molecule has 3 rings (SSSR count). The van der Waals surface area contributed by atoms with Crippen molar-refractivity contribution in [3.05, 3.63) is 29.8 Å². The fourth-order valence-electron chi connectivity index (χ4n) is 4.01. The van der Waals surface area contributed by atoms with E-state index in [1.165, 1.54) is 37.2 Å². The number of aliphatic hydroxyl groups excluding tert-OH is 1. The van der Waals surface area contributed by atoms with Gasteiger partial charge in [-0.2, -0.15) is 0 Å². The smallest absolute Gasteiger partial charge is 0.191 e. The Labute approximate surface area is 181 Å². The van der Waals surface area contributed by atoms with Crippen molar-refractivity contribution in [1.82, 2.24) is 10.6 Å². The molecule has 0 spiro atoms. The van der Waals surface area contributed by atoms with Gasteiger partial charge in [0, 0.05) is 37.8 Å². The van der Waals surface area contributed by atoms with Gasteiger partial charge in [-0.3, -0.25) is 4.99 Å². The van der Waals surface area contributed by atoms with Crippen LogP contribution < -0.4 is 15.5 Å². The summed E-state index contributed by atoms with van der Waals surface area (Å²) < 4.78 is 0. The number of benzene rings is 1. The number of aliphatic imine (C=N–C) groups is 1. The average Bonchev–Trinajstić information content (AvgIpc) is 3.32. The molecule has 1 aromatic rings. The third-order valence-corrected chi connectivity index (χ3v) is 5.64. The third-order valence-electron chi connectivity index (χ3n) is 5.64. The van der Waals surface area contributed by atoms with E-state index < -0.39 is 0 Å². The summed E-state index contributed by atoms with van der Waals surface area (Å²) in [7, 11) is 0. The van der Waals surface area contributed by atoms with E-state index in [1.54, 1.807) is 0 Å².